The first-order valence-corrected chi connectivity index (χ1v) is 7.94. The van der Waals surface area contributed by atoms with Crippen molar-refractivity contribution in [1.29, 1.82) is 0 Å². The van der Waals surface area contributed by atoms with Gasteiger partial charge in [-0.1, -0.05) is 0 Å². The number of ether oxygens (including phenoxy) is 1. The predicted octanol–water partition coefficient (Wildman–Crippen LogP) is 0.393. The van der Waals surface area contributed by atoms with Crippen LogP contribution in [-0.2, 0) is 4.74 Å². The van der Waals surface area contributed by atoms with Crippen LogP contribution < -0.4 is 0 Å². The maximum absolute atomic E-state index is 10.7. The van der Waals surface area contributed by atoms with Gasteiger partial charge >= 0.3 is 0 Å². The van der Waals surface area contributed by atoms with Gasteiger partial charge in [-0.2, -0.15) is 0 Å². The Kier molecular flexibility index (Phi) is 4.34. The van der Waals surface area contributed by atoms with Gasteiger partial charge < -0.3 is 25.2 Å². The van der Waals surface area contributed by atoms with Gasteiger partial charge in [-0.15, -0.1) is 0 Å². The van der Waals surface area contributed by atoms with Crippen molar-refractivity contribution in [2.24, 2.45) is 17.8 Å². The Morgan fingerprint density at radius 3 is 2.10 bits per heavy atom. The fraction of sp³-hybridized carbons (Fsp3) is 1.00. The summed E-state index contributed by atoms with van der Waals surface area (Å²) < 4.78 is 5.70. The molecule has 0 spiro atoms. The first kappa shape index (κ1) is 14.7. The Hall–Kier alpha value is -0.200. The molecule has 20 heavy (non-hydrogen) atoms. The van der Waals surface area contributed by atoms with E-state index in [1.54, 1.807) is 0 Å². The lowest BCUT2D eigenvalue weighted by atomic mass is 9.68. The van der Waals surface area contributed by atoms with Gasteiger partial charge in [0.2, 0.25) is 0 Å². The Labute approximate surface area is 119 Å². The van der Waals surface area contributed by atoms with Crippen LogP contribution in [0.2, 0.25) is 0 Å². The summed E-state index contributed by atoms with van der Waals surface area (Å²) in [5.74, 6) is -0.00570. The van der Waals surface area contributed by atoms with Crippen LogP contribution in [-0.4, -0.2) is 51.1 Å². The number of aliphatic hydroxyl groups is 4. The first-order chi connectivity index (χ1) is 9.56. The molecular formula is C15H26O5. The Bertz CT molecular complexity index is 328. The van der Waals surface area contributed by atoms with E-state index in [1.807, 2.05) is 0 Å². The van der Waals surface area contributed by atoms with Crippen LogP contribution in [0.4, 0.5) is 0 Å². The van der Waals surface area contributed by atoms with Crippen LogP contribution >= 0.6 is 0 Å². The van der Waals surface area contributed by atoms with Crippen molar-refractivity contribution in [2.45, 2.75) is 75.7 Å². The molecule has 0 aromatic heterocycles. The summed E-state index contributed by atoms with van der Waals surface area (Å²) >= 11 is 0. The molecule has 1 heterocycles. The van der Waals surface area contributed by atoms with E-state index < -0.39 is 12.4 Å². The molecule has 5 nitrogen and oxygen atoms in total. The highest BCUT2D eigenvalue weighted by molar-refractivity contribution is 4.95. The van der Waals surface area contributed by atoms with Gasteiger partial charge in [-0.3, -0.25) is 0 Å². The van der Waals surface area contributed by atoms with Gasteiger partial charge in [0.15, 0.2) is 6.29 Å². The molecule has 4 unspecified atom stereocenters. The quantitative estimate of drug-likeness (QED) is 0.560. The molecule has 1 saturated heterocycles. The standard InChI is InChI=1S/C15H26O5/c16-9-3-1-8(2-4-9)13-14(18)11-6-5-10(17)7-12(11)20-15(13)19/h8-19H,1-7H2/t8?,9?,10?,11?,12?,13-,14-,15?/m0/s1. The van der Waals surface area contributed by atoms with Crippen molar-refractivity contribution >= 4 is 0 Å². The molecule has 0 bridgehead atoms. The maximum Gasteiger partial charge on any atom is 0.160 e. The molecule has 0 amide bonds. The summed E-state index contributed by atoms with van der Waals surface area (Å²) in [5, 5.41) is 40.2. The lowest BCUT2D eigenvalue weighted by Crippen LogP contribution is -2.56. The summed E-state index contributed by atoms with van der Waals surface area (Å²) in [4.78, 5) is 0. The fourth-order valence-corrected chi connectivity index (χ4v) is 4.40. The largest absolute Gasteiger partial charge is 0.393 e. The van der Waals surface area contributed by atoms with Gasteiger partial charge in [-0.25, -0.2) is 0 Å². The second kappa shape index (κ2) is 5.89. The van der Waals surface area contributed by atoms with Crippen LogP contribution in [0.3, 0.4) is 0 Å². The molecule has 3 aliphatic rings. The van der Waals surface area contributed by atoms with E-state index in [0.29, 0.717) is 12.8 Å². The highest BCUT2D eigenvalue weighted by Crippen LogP contribution is 2.44. The zero-order chi connectivity index (χ0) is 14.3. The van der Waals surface area contributed by atoms with E-state index in [9.17, 15) is 20.4 Å². The SMILES string of the molecule is OC1CCC([C@@H]2C(O)OC3CC(O)CCC3[C@@H]2O)CC1. The molecule has 116 valence electrons. The maximum atomic E-state index is 10.7. The molecule has 5 heteroatoms. The normalized spacial score (nSPS) is 53.4. The predicted molar refractivity (Wildman–Crippen MR) is 71.7 cm³/mol. The van der Waals surface area contributed by atoms with E-state index in [-0.39, 0.29) is 36.1 Å². The van der Waals surface area contributed by atoms with E-state index in [0.717, 1.165) is 32.1 Å². The molecule has 3 rings (SSSR count). The Morgan fingerprint density at radius 2 is 1.40 bits per heavy atom. The minimum Gasteiger partial charge on any atom is -0.393 e. The zero-order valence-corrected chi connectivity index (χ0v) is 11.8. The highest BCUT2D eigenvalue weighted by Gasteiger charge is 2.49. The molecule has 0 radical (unpaired) electrons. The molecule has 2 aliphatic carbocycles. The molecule has 3 fully saturated rings. The average molecular weight is 286 g/mol. The van der Waals surface area contributed by atoms with Gasteiger partial charge in [0.05, 0.1) is 24.4 Å². The summed E-state index contributed by atoms with van der Waals surface area (Å²) in [6.45, 7) is 0. The van der Waals surface area contributed by atoms with E-state index >= 15 is 0 Å². The van der Waals surface area contributed by atoms with Crippen LogP contribution in [0.1, 0.15) is 44.9 Å². The smallest absolute Gasteiger partial charge is 0.160 e. The third kappa shape index (κ3) is 2.74. The molecule has 0 aromatic rings. The summed E-state index contributed by atoms with van der Waals surface area (Å²) in [6, 6.07) is 0. The minimum atomic E-state index is -0.947. The summed E-state index contributed by atoms with van der Waals surface area (Å²) in [6.07, 6.45) is 2.78. The van der Waals surface area contributed by atoms with Crippen molar-refractivity contribution in [3.63, 3.8) is 0 Å². The molecule has 0 aromatic carbocycles. The van der Waals surface area contributed by atoms with Crippen molar-refractivity contribution in [1.82, 2.24) is 0 Å². The first-order valence-electron chi connectivity index (χ1n) is 7.94. The zero-order valence-electron chi connectivity index (χ0n) is 11.8. The monoisotopic (exact) mass is 286 g/mol. The van der Waals surface area contributed by atoms with Crippen molar-refractivity contribution in [3.05, 3.63) is 0 Å². The fourth-order valence-electron chi connectivity index (χ4n) is 4.40. The van der Waals surface area contributed by atoms with Gasteiger partial charge in [0.25, 0.3) is 0 Å². The number of hydrogen-bond donors (Lipinski definition) is 4. The van der Waals surface area contributed by atoms with E-state index in [2.05, 4.69) is 0 Å². The molecule has 4 N–H and O–H groups in total. The van der Waals surface area contributed by atoms with Crippen molar-refractivity contribution in [2.75, 3.05) is 0 Å². The third-order valence-corrected chi connectivity index (χ3v) is 5.58. The highest BCUT2D eigenvalue weighted by atomic mass is 16.6. The molecular weight excluding hydrogens is 260 g/mol. The van der Waals surface area contributed by atoms with Gasteiger partial charge in [0, 0.05) is 11.8 Å². The van der Waals surface area contributed by atoms with Gasteiger partial charge in [-0.05, 0) is 50.9 Å². The summed E-state index contributed by atoms with van der Waals surface area (Å²) in [5.41, 5.74) is 0. The Balaban J connectivity index is 1.69. The van der Waals surface area contributed by atoms with Gasteiger partial charge in [0.1, 0.15) is 0 Å². The van der Waals surface area contributed by atoms with E-state index in [4.69, 9.17) is 4.74 Å². The van der Waals surface area contributed by atoms with Crippen LogP contribution in [0, 0.1) is 17.8 Å². The molecule has 6 atom stereocenters. The van der Waals surface area contributed by atoms with Crippen LogP contribution in [0.15, 0.2) is 0 Å². The van der Waals surface area contributed by atoms with E-state index in [1.165, 1.54) is 0 Å². The lowest BCUT2D eigenvalue weighted by Gasteiger charge is -2.49. The third-order valence-electron chi connectivity index (χ3n) is 5.58. The summed E-state index contributed by atoms with van der Waals surface area (Å²) in [7, 11) is 0. The number of aliphatic hydroxyl groups excluding tert-OH is 4. The van der Waals surface area contributed by atoms with Crippen molar-refractivity contribution in [3.8, 4) is 0 Å². The lowest BCUT2D eigenvalue weighted by molar-refractivity contribution is -0.273. The topological polar surface area (TPSA) is 90.2 Å². The second-order valence-corrected chi connectivity index (χ2v) is 6.83. The average Bonchev–Trinajstić information content (AvgIpc) is 2.40. The Morgan fingerprint density at radius 1 is 0.750 bits per heavy atom. The number of hydrogen-bond acceptors (Lipinski definition) is 5. The molecule has 1 aliphatic heterocycles. The second-order valence-electron chi connectivity index (χ2n) is 6.83. The number of rotatable bonds is 1. The van der Waals surface area contributed by atoms with Crippen LogP contribution in [0.25, 0.3) is 0 Å². The minimum absolute atomic E-state index is 0.0265. The van der Waals surface area contributed by atoms with Crippen LogP contribution in [0.5, 0.6) is 0 Å². The molecule has 2 saturated carbocycles. The number of fused-ring (bicyclic) bond motifs is 1. The van der Waals surface area contributed by atoms with Crippen molar-refractivity contribution < 1.29 is 25.2 Å².